The molecule has 0 aliphatic carbocycles. The van der Waals surface area contributed by atoms with Gasteiger partial charge in [-0.15, -0.1) is 0 Å². The van der Waals surface area contributed by atoms with Gasteiger partial charge in [-0.2, -0.15) is 0 Å². The lowest BCUT2D eigenvalue weighted by molar-refractivity contribution is -0.161. The Morgan fingerprint density at radius 3 is 0.714 bits per heavy atom. The first-order valence-electron chi connectivity index (χ1n) is 34.7. The van der Waals surface area contributed by atoms with Crippen LogP contribution in [-0.4, -0.2) is 36.4 Å². The van der Waals surface area contributed by atoms with Crippen molar-refractivity contribution in [3.63, 3.8) is 0 Å². The molecule has 0 saturated heterocycles. The molecule has 5 heteroatoms. The highest BCUT2D eigenvalue weighted by atomic mass is 16.6. The van der Waals surface area contributed by atoms with E-state index in [4.69, 9.17) is 9.47 Å². The van der Waals surface area contributed by atoms with E-state index in [-0.39, 0.29) is 25.2 Å². The summed E-state index contributed by atoms with van der Waals surface area (Å²) in [6, 6.07) is 0. The van der Waals surface area contributed by atoms with Crippen LogP contribution in [0, 0.1) is 0 Å². The number of aliphatic hydroxyl groups is 1. The Morgan fingerprint density at radius 1 is 0.274 bits per heavy atom. The third-order valence-electron chi connectivity index (χ3n) is 14.5. The predicted octanol–water partition coefficient (Wildman–Crippen LogP) is 24.4. The minimum absolute atomic E-state index is 0.0812. The molecule has 474 valence electrons. The van der Waals surface area contributed by atoms with Gasteiger partial charge in [0.2, 0.25) is 0 Å². The SMILES string of the molecule is CC/C=C\C/C=C\C/C=C\C/C=C\C/C=C\C/C=C\C/C=C\C/C=C\C/C=C\CCCCCCCC(=O)OC(CO)COC(=O)CCCCCCCCCCCCCCCCCCCCCCC/C=C\C/C=C\C/C=C\C/C=C\C/C=C\CC. The molecule has 0 heterocycles. The fourth-order valence-corrected chi connectivity index (χ4v) is 9.40. The van der Waals surface area contributed by atoms with Gasteiger partial charge in [-0.1, -0.05) is 325 Å². The summed E-state index contributed by atoms with van der Waals surface area (Å²) >= 11 is 0. The molecule has 0 fully saturated rings. The van der Waals surface area contributed by atoms with Crippen molar-refractivity contribution in [3.8, 4) is 0 Å². The van der Waals surface area contributed by atoms with E-state index in [1.807, 2.05) is 0 Å². The van der Waals surface area contributed by atoms with Crippen LogP contribution in [0.25, 0.3) is 0 Å². The molecule has 1 atom stereocenters. The second-order valence-electron chi connectivity index (χ2n) is 22.5. The lowest BCUT2D eigenvalue weighted by Gasteiger charge is -2.15. The number of hydrogen-bond donors (Lipinski definition) is 1. The van der Waals surface area contributed by atoms with Crippen molar-refractivity contribution in [1.29, 1.82) is 0 Å². The molecule has 0 amide bonds. The van der Waals surface area contributed by atoms with Crippen molar-refractivity contribution in [2.45, 2.75) is 302 Å². The van der Waals surface area contributed by atoms with Gasteiger partial charge in [0, 0.05) is 12.8 Å². The van der Waals surface area contributed by atoms with Crippen LogP contribution in [0.5, 0.6) is 0 Å². The average Bonchev–Trinajstić information content (AvgIpc) is 3.51. The highest BCUT2D eigenvalue weighted by molar-refractivity contribution is 5.70. The van der Waals surface area contributed by atoms with E-state index < -0.39 is 6.10 Å². The molecule has 0 aliphatic heterocycles. The lowest BCUT2D eigenvalue weighted by atomic mass is 10.0. The molecule has 0 saturated carbocycles. The second-order valence-corrected chi connectivity index (χ2v) is 22.5. The number of allylic oxidation sites excluding steroid dienone is 28. The van der Waals surface area contributed by atoms with Gasteiger partial charge in [-0.25, -0.2) is 0 Å². The van der Waals surface area contributed by atoms with Crippen molar-refractivity contribution in [2.75, 3.05) is 13.2 Å². The molecular formula is C79H128O5. The molecule has 0 rings (SSSR count). The Kier molecular flexibility index (Phi) is 68.4. The number of ether oxygens (including phenoxy) is 2. The molecule has 1 N–H and O–H groups in total. The van der Waals surface area contributed by atoms with E-state index in [1.165, 1.54) is 122 Å². The monoisotopic (exact) mass is 1160 g/mol. The van der Waals surface area contributed by atoms with Gasteiger partial charge in [-0.3, -0.25) is 9.59 Å². The lowest BCUT2D eigenvalue weighted by Crippen LogP contribution is -2.28. The van der Waals surface area contributed by atoms with E-state index in [0.29, 0.717) is 12.8 Å². The molecule has 0 aromatic rings. The van der Waals surface area contributed by atoms with Crippen LogP contribution in [0.15, 0.2) is 170 Å². The zero-order chi connectivity index (χ0) is 60.5. The fourth-order valence-electron chi connectivity index (χ4n) is 9.40. The summed E-state index contributed by atoms with van der Waals surface area (Å²) < 4.78 is 10.7. The van der Waals surface area contributed by atoms with Gasteiger partial charge >= 0.3 is 11.9 Å². The molecule has 1 unspecified atom stereocenters. The molecule has 5 nitrogen and oxygen atoms in total. The van der Waals surface area contributed by atoms with Crippen molar-refractivity contribution in [2.24, 2.45) is 0 Å². The number of rotatable bonds is 62. The maximum atomic E-state index is 12.4. The Balaban J connectivity index is 3.54. The number of esters is 2. The summed E-state index contributed by atoms with van der Waals surface area (Å²) in [6.45, 7) is 3.91. The van der Waals surface area contributed by atoms with Crippen LogP contribution in [0.4, 0.5) is 0 Å². The first-order chi connectivity index (χ1) is 41.6. The summed E-state index contributed by atoms with van der Waals surface area (Å²) in [5.41, 5.74) is 0. The van der Waals surface area contributed by atoms with Gasteiger partial charge in [0.25, 0.3) is 0 Å². The third-order valence-corrected chi connectivity index (χ3v) is 14.5. The number of carbonyl (C=O) groups is 2. The van der Waals surface area contributed by atoms with Gasteiger partial charge < -0.3 is 14.6 Å². The summed E-state index contributed by atoms with van der Waals surface area (Å²) in [4.78, 5) is 24.7. The van der Waals surface area contributed by atoms with E-state index in [9.17, 15) is 14.7 Å². The molecule has 0 aliphatic rings. The fraction of sp³-hybridized carbons (Fsp3) is 0.620. The van der Waals surface area contributed by atoms with Crippen molar-refractivity contribution in [1.82, 2.24) is 0 Å². The molecule has 0 spiro atoms. The third kappa shape index (κ3) is 69.8. The highest BCUT2D eigenvalue weighted by Gasteiger charge is 2.16. The minimum atomic E-state index is -0.795. The van der Waals surface area contributed by atoms with E-state index in [1.54, 1.807) is 0 Å². The van der Waals surface area contributed by atoms with Crippen LogP contribution in [0.1, 0.15) is 296 Å². The minimum Gasteiger partial charge on any atom is -0.462 e. The topological polar surface area (TPSA) is 72.8 Å². The summed E-state index contributed by atoms with van der Waals surface area (Å²) in [5, 5.41) is 9.70. The average molecular weight is 1160 g/mol. The first-order valence-corrected chi connectivity index (χ1v) is 34.7. The van der Waals surface area contributed by atoms with Gasteiger partial charge in [0.05, 0.1) is 6.61 Å². The van der Waals surface area contributed by atoms with E-state index in [2.05, 4.69) is 184 Å². The smallest absolute Gasteiger partial charge is 0.306 e. The van der Waals surface area contributed by atoms with Crippen LogP contribution in [0.3, 0.4) is 0 Å². The standard InChI is InChI=1S/C79H128O5/c1-3-5-7-9-11-13-15-17-19-21-23-25-27-29-31-33-35-37-38-39-40-42-43-45-47-49-51-53-55-57-59-61-63-65-67-69-71-73-78(81)83-76-77(75-80)84-79(82)74-72-70-68-66-64-62-60-58-56-54-52-50-48-46-44-41-36-34-32-30-28-26-24-22-20-18-16-14-12-10-8-6-4-2/h5-8,11-14,17-20,23-26,29-32,36,41,46,48,52,54,58,60,77,80H,3-4,9-10,15-16,21-22,27-28,33-35,37-40,42-45,47,49-51,53,55-57,59,61-76H2,1-2H3/b7-5-,8-6-,13-11-,14-12-,19-17-,20-18-,25-23-,26-24-,31-29-,32-30-,41-36-,48-46-,54-52-,60-58-. The highest BCUT2D eigenvalue weighted by Crippen LogP contribution is 2.17. The molecule has 0 bridgehead atoms. The van der Waals surface area contributed by atoms with Crippen molar-refractivity contribution in [3.05, 3.63) is 170 Å². The Labute approximate surface area is 519 Å². The summed E-state index contributed by atoms with van der Waals surface area (Å²) in [6.07, 6.45) is 112. The maximum Gasteiger partial charge on any atom is 0.306 e. The van der Waals surface area contributed by atoms with Gasteiger partial charge in [0.15, 0.2) is 6.10 Å². The van der Waals surface area contributed by atoms with E-state index in [0.717, 1.165) is 148 Å². The zero-order valence-electron chi connectivity index (χ0n) is 54.4. The Hall–Kier alpha value is -4.74. The van der Waals surface area contributed by atoms with Crippen molar-refractivity contribution >= 4 is 11.9 Å². The predicted molar refractivity (Wildman–Crippen MR) is 370 cm³/mol. The number of hydrogen-bond acceptors (Lipinski definition) is 5. The summed E-state index contributed by atoms with van der Waals surface area (Å²) in [5.74, 6) is -0.614. The molecule has 0 radical (unpaired) electrons. The Bertz CT molecular complexity index is 1840. The normalized spacial score (nSPS) is 13.3. The number of aliphatic hydroxyl groups excluding tert-OH is 1. The van der Waals surface area contributed by atoms with Crippen LogP contribution in [0.2, 0.25) is 0 Å². The number of unbranched alkanes of at least 4 members (excludes halogenated alkanes) is 26. The molecule has 84 heavy (non-hydrogen) atoms. The zero-order valence-corrected chi connectivity index (χ0v) is 54.4. The largest absolute Gasteiger partial charge is 0.462 e. The second kappa shape index (κ2) is 72.5. The Morgan fingerprint density at radius 2 is 0.476 bits per heavy atom. The van der Waals surface area contributed by atoms with E-state index >= 15 is 0 Å². The molecule has 0 aromatic heterocycles. The van der Waals surface area contributed by atoms with Crippen molar-refractivity contribution < 1.29 is 24.2 Å². The molecular weight excluding hydrogens is 1030 g/mol. The summed E-state index contributed by atoms with van der Waals surface area (Å²) in [7, 11) is 0. The quantitative estimate of drug-likeness (QED) is 0.0373. The van der Waals surface area contributed by atoms with Crippen LogP contribution >= 0.6 is 0 Å². The van der Waals surface area contributed by atoms with Gasteiger partial charge in [-0.05, 0) is 128 Å². The maximum absolute atomic E-state index is 12.4. The first kappa shape index (κ1) is 79.3. The number of carbonyl (C=O) groups excluding carboxylic acids is 2. The molecule has 0 aromatic carbocycles. The van der Waals surface area contributed by atoms with Gasteiger partial charge in [0.1, 0.15) is 6.61 Å². The van der Waals surface area contributed by atoms with Crippen LogP contribution in [-0.2, 0) is 19.1 Å². The van der Waals surface area contributed by atoms with Crippen LogP contribution < -0.4 is 0 Å².